The van der Waals surface area contributed by atoms with Gasteiger partial charge in [-0.15, -0.1) is 0 Å². The maximum absolute atomic E-state index is 16.3. The molecule has 8 heterocycles. The van der Waals surface area contributed by atoms with Crippen LogP contribution in [0, 0.1) is 17.8 Å². The molecule has 4 aliphatic carbocycles. The molecule has 0 bridgehead atoms. The van der Waals surface area contributed by atoms with Gasteiger partial charge in [0.2, 0.25) is 0 Å². The van der Waals surface area contributed by atoms with Crippen molar-refractivity contribution in [1.82, 2.24) is 18.9 Å². The first kappa shape index (κ1) is 38.9. The van der Waals surface area contributed by atoms with E-state index in [0.29, 0.717) is 18.4 Å². The average molecular weight is 829 g/mol. The van der Waals surface area contributed by atoms with E-state index in [0.717, 1.165) is 85.5 Å². The van der Waals surface area contributed by atoms with Crippen LogP contribution in [0.1, 0.15) is 186 Å². The fourth-order valence-electron chi connectivity index (χ4n) is 16.1. The van der Waals surface area contributed by atoms with Crippen molar-refractivity contribution in [3.05, 3.63) is 102 Å². The minimum Gasteiger partial charge on any atom is -0.255 e. The van der Waals surface area contributed by atoms with Crippen LogP contribution in [0.4, 0.5) is 0 Å². The minimum absolute atomic E-state index is 0.0200. The van der Waals surface area contributed by atoms with Crippen molar-refractivity contribution in [2.45, 2.75) is 181 Å². The van der Waals surface area contributed by atoms with Gasteiger partial charge in [0.25, 0.3) is 5.65 Å². The molecule has 4 atom stereocenters. The predicted octanol–water partition coefficient (Wildman–Crippen LogP) is 9.22. The molecule has 5 aliphatic rings. The zero-order valence-electron chi connectivity index (χ0n) is 39.4. The zero-order chi connectivity index (χ0) is 43.8. The van der Waals surface area contributed by atoms with E-state index in [1.807, 2.05) is 17.5 Å². The lowest BCUT2D eigenvalue weighted by atomic mass is 9.26. The van der Waals surface area contributed by atoms with E-state index < -0.39 is 5.54 Å². The second-order valence-electron chi connectivity index (χ2n) is 23.5. The first-order valence-electron chi connectivity index (χ1n) is 23.9. The van der Waals surface area contributed by atoms with E-state index in [1.165, 1.54) is 42.6 Å². The molecule has 0 saturated heterocycles. The third-order valence-electron chi connectivity index (χ3n) is 18.6. The molecule has 7 aromatic heterocycles. The van der Waals surface area contributed by atoms with Crippen molar-refractivity contribution in [3.63, 3.8) is 0 Å². The Balaban J connectivity index is 1.32. The monoisotopic (exact) mass is 829 g/mol. The van der Waals surface area contributed by atoms with Gasteiger partial charge in [0.1, 0.15) is 28.5 Å². The summed E-state index contributed by atoms with van der Waals surface area (Å²) in [5.74, 6) is 0.229. The molecule has 4 unspecified atom stereocenters. The van der Waals surface area contributed by atoms with Gasteiger partial charge >= 0.3 is 16.8 Å². The Morgan fingerprint density at radius 2 is 1.61 bits per heavy atom. The van der Waals surface area contributed by atoms with Crippen LogP contribution in [0.3, 0.4) is 0 Å². The number of hydrogen-bond acceptors (Lipinski definition) is 4. The van der Waals surface area contributed by atoms with Gasteiger partial charge in [-0.2, -0.15) is 8.97 Å². The first-order chi connectivity index (χ1) is 29.2. The summed E-state index contributed by atoms with van der Waals surface area (Å²) in [6, 6.07) is 6.70. The van der Waals surface area contributed by atoms with E-state index in [9.17, 15) is 0 Å². The number of pyridine rings is 4. The molecule has 12 rings (SSSR count). The summed E-state index contributed by atoms with van der Waals surface area (Å²) in [6.07, 6.45) is 15.9. The molecule has 2 saturated carbocycles. The largest absolute Gasteiger partial charge is 0.345 e. The Hall–Kier alpha value is -4.72. The van der Waals surface area contributed by atoms with Gasteiger partial charge in [-0.25, -0.2) is 18.4 Å². The summed E-state index contributed by atoms with van der Waals surface area (Å²) < 4.78 is 9.12. The van der Waals surface area contributed by atoms with Crippen LogP contribution in [0.25, 0.3) is 44.1 Å². The number of rotatable bonds is 6. The smallest absolute Gasteiger partial charge is 0.255 e. The second kappa shape index (κ2) is 11.3. The number of nitrogens with zero attached hydrogens (tertiary/aromatic N) is 6. The van der Waals surface area contributed by atoms with Crippen LogP contribution >= 0.6 is 0 Å². The SMILES string of the molecule is CCCCCC12CC3c4c([n+]5ccc6nc(C(C)(C)C)cc7c6c5n(c4=O)C(CC)(CC)C7=c4c5ccnc6c7c([n+]8cc(C)c(=O)n4c8c65)C(C)(C)CC7(C)C)C(C)(C1)C32C. The third kappa shape index (κ3) is 3.94. The molecule has 8 heteroatoms. The van der Waals surface area contributed by atoms with Gasteiger partial charge in [-0.1, -0.05) is 102 Å². The van der Waals surface area contributed by atoms with Gasteiger partial charge in [0.15, 0.2) is 5.35 Å². The summed E-state index contributed by atoms with van der Waals surface area (Å²) in [4.78, 5) is 42.3. The Kier molecular flexibility index (Phi) is 7.10. The average Bonchev–Trinajstić information content (AvgIpc) is 3.65. The van der Waals surface area contributed by atoms with Gasteiger partial charge in [0, 0.05) is 56.6 Å². The molecule has 0 amide bonds. The molecule has 2 fully saturated rings. The van der Waals surface area contributed by atoms with Crippen molar-refractivity contribution in [2.24, 2.45) is 10.8 Å². The normalized spacial score (nSPS) is 28.0. The van der Waals surface area contributed by atoms with Crippen LogP contribution in [-0.2, 0) is 27.2 Å². The van der Waals surface area contributed by atoms with Crippen molar-refractivity contribution in [1.29, 1.82) is 0 Å². The van der Waals surface area contributed by atoms with Crippen LogP contribution in [0.15, 0.2) is 46.4 Å². The van der Waals surface area contributed by atoms with Crippen LogP contribution in [0.2, 0.25) is 0 Å². The summed E-state index contributed by atoms with van der Waals surface area (Å²) in [7, 11) is 0. The Morgan fingerprint density at radius 1 is 0.871 bits per heavy atom. The second-order valence-corrected chi connectivity index (χ2v) is 23.5. The Labute approximate surface area is 364 Å². The lowest BCUT2D eigenvalue weighted by Crippen LogP contribution is -2.72. The standard InChI is InChI=1S/C54H64N6O2/c1-14-17-18-21-53-25-32-37-42(51(12,28-53)52(32,53)13)57-23-20-33-35-31(24-34(56-33)48(5,6)7)38(54(15-2,16-3)60(45(35)57)47(37)62)41-30-19-22-55-40-36(30)44-58(26-29(4)46(61)59(41)44)43-39(40)49(8,9)27-50(43,10)11/h19-20,22-24,26,32H,14-18,21,25,27-28H2,1-13H3/q+2. The molecule has 1 aliphatic heterocycles. The van der Waals surface area contributed by atoms with Crippen molar-refractivity contribution in [2.75, 3.05) is 0 Å². The van der Waals surface area contributed by atoms with E-state index in [-0.39, 0.29) is 49.5 Å². The van der Waals surface area contributed by atoms with E-state index in [2.05, 4.69) is 127 Å². The number of aryl methyl sites for hydroxylation is 1. The van der Waals surface area contributed by atoms with Crippen LogP contribution < -0.4 is 25.3 Å². The number of unbranched alkanes of at least 4 members (excludes halogenated alkanes) is 2. The van der Waals surface area contributed by atoms with Gasteiger partial charge in [-0.05, 0) is 73.8 Å². The van der Waals surface area contributed by atoms with Crippen molar-refractivity contribution >= 4 is 44.1 Å². The molecule has 8 nitrogen and oxygen atoms in total. The molecular formula is C54H64N6O2+2. The first-order valence-corrected chi connectivity index (χ1v) is 23.9. The molecule has 62 heavy (non-hydrogen) atoms. The molecule has 320 valence electrons. The van der Waals surface area contributed by atoms with Crippen molar-refractivity contribution < 1.29 is 8.80 Å². The molecular weight excluding hydrogens is 765 g/mol. The Morgan fingerprint density at radius 3 is 2.31 bits per heavy atom. The third-order valence-corrected chi connectivity index (χ3v) is 18.6. The fourth-order valence-corrected chi connectivity index (χ4v) is 16.1. The maximum Gasteiger partial charge on any atom is 0.345 e. The van der Waals surface area contributed by atoms with Crippen LogP contribution in [0.5, 0.6) is 0 Å². The summed E-state index contributed by atoms with van der Waals surface area (Å²) in [5, 5.41) is 3.96. The van der Waals surface area contributed by atoms with E-state index >= 15 is 9.59 Å². The summed E-state index contributed by atoms with van der Waals surface area (Å²) in [6.45, 7) is 29.9. The fraction of sp³-hybridized carbons (Fsp3) is 0.556. The molecule has 7 aromatic rings. The zero-order valence-corrected chi connectivity index (χ0v) is 39.4. The number of hydrogen-bond donors (Lipinski definition) is 0. The predicted molar refractivity (Wildman–Crippen MR) is 247 cm³/mol. The highest BCUT2D eigenvalue weighted by Crippen LogP contribution is 2.88. The van der Waals surface area contributed by atoms with E-state index in [4.69, 9.17) is 9.97 Å². The van der Waals surface area contributed by atoms with Gasteiger partial charge in [-0.3, -0.25) is 9.97 Å². The lowest BCUT2D eigenvalue weighted by Gasteiger charge is -2.76. The molecule has 0 radical (unpaired) electrons. The minimum atomic E-state index is -0.783. The summed E-state index contributed by atoms with van der Waals surface area (Å²) >= 11 is 0. The molecule has 0 aromatic carbocycles. The molecule has 0 spiro atoms. The number of aromatic nitrogens is 6. The van der Waals surface area contributed by atoms with Gasteiger partial charge in [0.05, 0.1) is 39.3 Å². The van der Waals surface area contributed by atoms with E-state index in [1.54, 1.807) is 0 Å². The summed E-state index contributed by atoms with van der Waals surface area (Å²) in [5.41, 5.74) is 11.5. The highest BCUT2D eigenvalue weighted by Gasteiger charge is 2.84. The quantitative estimate of drug-likeness (QED) is 0.0952. The van der Waals surface area contributed by atoms with Crippen molar-refractivity contribution in [3.8, 4) is 0 Å². The highest BCUT2D eigenvalue weighted by molar-refractivity contribution is 6.10. The maximum atomic E-state index is 16.3. The van der Waals surface area contributed by atoms with Crippen LogP contribution in [-0.4, -0.2) is 18.9 Å². The lowest BCUT2D eigenvalue weighted by molar-refractivity contribution is -0.535. The topological polar surface area (TPSA) is 77.5 Å². The Bertz CT molecular complexity index is 3410. The highest BCUT2D eigenvalue weighted by atomic mass is 16.1. The number of fused-ring (bicyclic) bond motifs is 7. The van der Waals surface area contributed by atoms with Gasteiger partial charge < -0.3 is 0 Å². The molecule has 0 N–H and O–H groups in total.